The third-order valence-electron chi connectivity index (χ3n) is 3.16. The van der Waals surface area contributed by atoms with Crippen LogP contribution in [0.1, 0.15) is 25.1 Å². The molecule has 0 bridgehead atoms. The van der Waals surface area contributed by atoms with Crippen LogP contribution in [0.2, 0.25) is 0 Å². The molecule has 2 heterocycles. The Morgan fingerprint density at radius 3 is 2.33 bits per heavy atom. The van der Waals surface area contributed by atoms with E-state index in [0.29, 0.717) is 31.0 Å². The van der Waals surface area contributed by atoms with Crippen LogP contribution in [0.15, 0.2) is 18.5 Å². The molecule has 1 amide bonds. The predicted molar refractivity (Wildman–Crippen MR) is 81.5 cm³/mol. The molecule has 2 rings (SSSR count). The molecule has 10 heteroatoms. The van der Waals surface area contributed by atoms with Gasteiger partial charge in [0.15, 0.2) is 5.82 Å². The smallest absolute Gasteiger partial charge is 0.303 e. The summed E-state index contributed by atoms with van der Waals surface area (Å²) in [7, 11) is 1.65. The summed E-state index contributed by atoms with van der Waals surface area (Å²) >= 11 is 0. The van der Waals surface area contributed by atoms with E-state index in [1.807, 2.05) is 0 Å². The van der Waals surface area contributed by atoms with E-state index >= 15 is 0 Å². The number of amides is 1. The number of carbonyl (C=O) groups excluding carboxylic acids is 1. The monoisotopic (exact) mass is 331 g/mol. The lowest BCUT2D eigenvalue weighted by atomic mass is 10.2. The molecule has 0 spiro atoms. The van der Waals surface area contributed by atoms with Gasteiger partial charge in [0.2, 0.25) is 17.6 Å². The zero-order valence-corrected chi connectivity index (χ0v) is 13.2. The molecule has 0 aliphatic carbocycles. The molecule has 0 saturated heterocycles. The number of aliphatic carboxylic acids is 1. The third kappa shape index (κ3) is 5.30. The molecule has 0 aromatic carbocycles. The van der Waals surface area contributed by atoms with Gasteiger partial charge in [-0.3, -0.25) is 9.59 Å². The first-order chi connectivity index (χ1) is 11.6. The highest BCUT2D eigenvalue weighted by atomic mass is 16.4. The Kier molecular flexibility index (Phi) is 6.17. The number of rotatable bonds is 8. The van der Waals surface area contributed by atoms with Gasteiger partial charge in [-0.2, -0.15) is 0 Å². The van der Waals surface area contributed by atoms with Gasteiger partial charge in [-0.05, 0) is 12.5 Å². The lowest BCUT2D eigenvalue weighted by molar-refractivity contribution is -0.137. The fraction of sp³-hybridized carbons (Fsp3) is 0.429. The van der Waals surface area contributed by atoms with Crippen molar-refractivity contribution < 1.29 is 14.7 Å². The number of carboxylic acid groups (broad SMARTS) is 1. The number of aromatic nitrogens is 6. The van der Waals surface area contributed by atoms with Crippen molar-refractivity contribution in [2.75, 3.05) is 13.6 Å². The topological polar surface area (TPSA) is 135 Å². The quantitative estimate of drug-likeness (QED) is 0.707. The van der Waals surface area contributed by atoms with Crippen molar-refractivity contribution in [3.8, 4) is 11.6 Å². The minimum absolute atomic E-state index is 0.0143. The van der Waals surface area contributed by atoms with Crippen LogP contribution in [0.3, 0.4) is 0 Å². The van der Waals surface area contributed by atoms with Crippen molar-refractivity contribution in [2.45, 2.75) is 25.7 Å². The SMILES string of the molecule is CN(CCc1nnc(-c2ncccn2)nn1)C(=O)CCCC(=O)O. The highest BCUT2D eigenvalue weighted by Gasteiger charge is 2.11. The minimum Gasteiger partial charge on any atom is -0.481 e. The van der Waals surface area contributed by atoms with Crippen LogP contribution in [0.4, 0.5) is 0 Å². The Hall–Kier alpha value is -3.04. The van der Waals surface area contributed by atoms with E-state index in [0.717, 1.165) is 0 Å². The van der Waals surface area contributed by atoms with Gasteiger partial charge in [0.25, 0.3) is 0 Å². The van der Waals surface area contributed by atoms with Crippen molar-refractivity contribution in [3.63, 3.8) is 0 Å². The van der Waals surface area contributed by atoms with Gasteiger partial charge >= 0.3 is 5.97 Å². The van der Waals surface area contributed by atoms with E-state index in [1.165, 1.54) is 4.90 Å². The van der Waals surface area contributed by atoms with Crippen LogP contribution in [0.25, 0.3) is 11.6 Å². The Balaban J connectivity index is 1.81. The summed E-state index contributed by atoms with van der Waals surface area (Å²) in [6.45, 7) is 0.399. The lowest BCUT2D eigenvalue weighted by Crippen LogP contribution is -2.29. The minimum atomic E-state index is -0.904. The molecule has 0 aliphatic rings. The summed E-state index contributed by atoms with van der Waals surface area (Å²) in [6, 6.07) is 1.68. The number of likely N-dealkylation sites (N-methyl/N-ethyl adjacent to an activating group) is 1. The Bertz CT molecular complexity index is 679. The fourth-order valence-electron chi connectivity index (χ4n) is 1.83. The largest absolute Gasteiger partial charge is 0.481 e. The molecule has 1 N–H and O–H groups in total. The average molecular weight is 331 g/mol. The number of carbonyl (C=O) groups is 2. The molecule has 0 aliphatic heterocycles. The van der Waals surface area contributed by atoms with Crippen molar-refractivity contribution in [3.05, 3.63) is 24.3 Å². The van der Waals surface area contributed by atoms with E-state index in [4.69, 9.17) is 5.11 Å². The Morgan fingerprint density at radius 2 is 1.71 bits per heavy atom. The first-order valence-corrected chi connectivity index (χ1v) is 7.35. The van der Waals surface area contributed by atoms with Crippen LogP contribution in [0, 0.1) is 0 Å². The lowest BCUT2D eigenvalue weighted by Gasteiger charge is -2.16. The van der Waals surface area contributed by atoms with Gasteiger partial charge in [-0.25, -0.2) is 9.97 Å². The third-order valence-corrected chi connectivity index (χ3v) is 3.16. The van der Waals surface area contributed by atoms with E-state index in [-0.39, 0.29) is 24.6 Å². The fourth-order valence-corrected chi connectivity index (χ4v) is 1.83. The van der Waals surface area contributed by atoms with Crippen molar-refractivity contribution in [2.24, 2.45) is 0 Å². The van der Waals surface area contributed by atoms with E-state index in [9.17, 15) is 9.59 Å². The molecule has 2 aromatic rings. The summed E-state index contributed by atoms with van der Waals surface area (Å²) in [5.74, 6) is -0.0444. The van der Waals surface area contributed by atoms with Gasteiger partial charge in [0, 0.05) is 45.2 Å². The summed E-state index contributed by atoms with van der Waals surface area (Å²) in [5, 5.41) is 24.3. The average Bonchev–Trinajstić information content (AvgIpc) is 2.60. The predicted octanol–water partition coefficient (Wildman–Crippen LogP) is -0.0206. The maximum absolute atomic E-state index is 11.8. The number of nitrogens with zero attached hydrogens (tertiary/aromatic N) is 7. The van der Waals surface area contributed by atoms with E-state index in [1.54, 1.807) is 25.5 Å². The zero-order valence-electron chi connectivity index (χ0n) is 13.2. The molecule has 0 radical (unpaired) electrons. The Morgan fingerprint density at radius 1 is 1.04 bits per heavy atom. The summed E-state index contributed by atoms with van der Waals surface area (Å²) in [5.41, 5.74) is 0. The van der Waals surface area contributed by atoms with Gasteiger partial charge in [-0.1, -0.05) is 0 Å². The number of hydrogen-bond acceptors (Lipinski definition) is 8. The molecular formula is C14H17N7O3. The first-order valence-electron chi connectivity index (χ1n) is 7.35. The van der Waals surface area contributed by atoms with E-state index < -0.39 is 5.97 Å². The molecule has 0 atom stereocenters. The second-order valence-corrected chi connectivity index (χ2v) is 5.02. The standard InChI is InChI=1S/C14H17N7O3/c1-21(11(22)4-2-5-12(23)24)9-6-10-17-19-14(20-18-10)13-15-7-3-8-16-13/h3,7-8H,2,4-6,9H2,1H3,(H,23,24). The molecule has 0 unspecified atom stereocenters. The normalized spacial score (nSPS) is 10.4. The second-order valence-electron chi connectivity index (χ2n) is 5.02. The molecular weight excluding hydrogens is 314 g/mol. The molecule has 24 heavy (non-hydrogen) atoms. The zero-order chi connectivity index (χ0) is 17.4. The van der Waals surface area contributed by atoms with Crippen LogP contribution in [-0.2, 0) is 16.0 Å². The summed E-state index contributed by atoms with van der Waals surface area (Å²) in [4.78, 5) is 31.8. The summed E-state index contributed by atoms with van der Waals surface area (Å²) in [6.07, 6.45) is 4.06. The molecule has 0 saturated carbocycles. The highest BCUT2D eigenvalue weighted by Crippen LogP contribution is 2.04. The summed E-state index contributed by atoms with van der Waals surface area (Å²) < 4.78 is 0. The van der Waals surface area contributed by atoms with Crippen LogP contribution in [-0.4, -0.2) is 65.8 Å². The number of hydrogen-bond donors (Lipinski definition) is 1. The van der Waals surface area contributed by atoms with Crippen molar-refractivity contribution >= 4 is 11.9 Å². The second kappa shape index (κ2) is 8.56. The maximum atomic E-state index is 11.8. The van der Waals surface area contributed by atoms with Crippen LogP contribution >= 0.6 is 0 Å². The molecule has 0 fully saturated rings. The van der Waals surface area contributed by atoms with E-state index in [2.05, 4.69) is 30.4 Å². The van der Waals surface area contributed by atoms with Crippen LogP contribution < -0.4 is 0 Å². The first kappa shape index (κ1) is 17.3. The molecule has 10 nitrogen and oxygen atoms in total. The van der Waals surface area contributed by atoms with Crippen molar-refractivity contribution in [1.29, 1.82) is 0 Å². The van der Waals surface area contributed by atoms with Crippen molar-refractivity contribution in [1.82, 2.24) is 35.3 Å². The van der Waals surface area contributed by atoms with Crippen LogP contribution in [0.5, 0.6) is 0 Å². The highest BCUT2D eigenvalue weighted by molar-refractivity contribution is 5.76. The van der Waals surface area contributed by atoms with Gasteiger partial charge in [0.1, 0.15) is 0 Å². The number of carboxylic acids is 1. The van der Waals surface area contributed by atoms with Gasteiger partial charge in [-0.15, -0.1) is 20.4 Å². The molecule has 126 valence electrons. The van der Waals surface area contributed by atoms with Gasteiger partial charge < -0.3 is 10.0 Å². The molecule has 2 aromatic heterocycles. The Labute approximate surface area is 138 Å². The maximum Gasteiger partial charge on any atom is 0.303 e. The van der Waals surface area contributed by atoms with Gasteiger partial charge in [0.05, 0.1) is 0 Å².